The zero-order valence-electron chi connectivity index (χ0n) is 29.0. The van der Waals surface area contributed by atoms with Gasteiger partial charge in [-0.3, -0.25) is 29.8 Å². The van der Waals surface area contributed by atoms with Crippen molar-refractivity contribution in [2.45, 2.75) is 13.8 Å². The molecule has 0 bridgehead atoms. The van der Waals surface area contributed by atoms with E-state index in [1.807, 2.05) is 74.5 Å². The second-order valence-corrected chi connectivity index (χ2v) is 13.0. The molecule has 0 saturated heterocycles. The second-order valence-electron chi connectivity index (χ2n) is 12.2. The molecule has 0 amide bonds. The fourth-order valence-corrected chi connectivity index (χ4v) is 6.19. The van der Waals surface area contributed by atoms with Crippen LogP contribution in [-0.4, -0.2) is 70.3 Å². The summed E-state index contributed by atoms with van der Waals surface area (Å²) in [5.74, 6) is 0. The summed E-state index contributed by atoms with van der Waals surface area (Å²) in [6.45, 7) is 7.46. The summed E-state index contributed by atoms with van der Waals surface area (Å²) in [6.07, 6.45) is 0. The highest BCUT2D eigenvalue weighted by Crippen LogP contribution is 2.17. The third-order valence-corrected chi connectivity index (χ3v) is 8.98. The van der Waals surface area contributed by atoms with E-state index in [4.69, 9.17) is 33.2 Å². The van der Waals surface area contributed by atoms with Crippen LogP contribution in [0, 0.1) is 13.8 Å². The standard InChI is InChI=1S/C40H40Cl2N8O2/c1-27-35(39(51)49(47-27)33-17-13-31(41)14-18-33)37(29-9-5-3-6-10-29)45-25-23-43-21-22-44-24-26-46-38(30-11-7-4-8-12-30)36-28(2)48-50(40(36)52)34-19-15-32(42)16-20-34/h3-20,43-44,47-48H,21-26H2,1-2H3. The number of nitrogens with zero attached hydrogens (tertiary/aromatic N) is 4. The number of benzene rings is 4. The monoisotopic (exact) mass is 734 g/mol. The van der Waals surface area contributed by atoms with Crippen LogP contribution < -0.4 is 21.8 Å². The van der Waals surface area contributed by atoms with E-state index in [1.54, 1.807) is 48.5 Å². The fourth-order valence-electron chi connectivity index (χ4n) is 5.94. The highest BCUT2D eigenvalue weighted by atomic mass is 35.5. The lowest BCUT2D eigenvalue weighted by Crippen LogP contribution is -2.30. The van der Waals surface area contributed by atoms with Crippen molar-refractivity contribution in [3.05, 3.63) is 174 Å². The largest absolute Gasteiger partial charge is 0.314 e. The molecule has 52 heavy (non-hydrogen) atoms. The van der Waals surface area contributed by atoms with Crippen molar-refractivity contribution >= 4 is 34.6 Å². The van der Waals surface area contributed by atoms with Crippen LogP contribution in [0.2, 0.25) is 10.0 Å². The Balaban J connectivity index is 1.06. The first kappa shape index (κ1) is 36.5. The Hall–Kier alpha value is -5.26. The van der Waals surface area contributed by atoms with E-state index in [0.29, 0.717) is 70.1 Å². The van der Waals surface area contributed by atoms with Crippen molar-refractivity contribution < 1.29 is 0 Å². The second kappa shape index (κ2) is 17.3. The molecule has 0 aliphatic rings. The van der Waals surface area contributed by atoms with Gasteiger partial charge in [0.1, 0.15) is 0 Å². The van der Waals surface area contributed by atoms with Gasteiger partial charge in [0, 0.05) is 58.7 Å². The lowest BCUT2D eigenvalue weighted by molar-refractivity contribution is 0.619. The number of aryl methyl sites for hydroxylation is 2. The average Bonchev–Trinajstić information content (AvgIpc) is 3.62. The number of hydrogen-bond acceptors (Lipinski definition) is 6. The quantitative estimate of drug-likeness (QED) is 0.0750. The Labute approximate surface area is 311 Å². The van der Waals surface area contributed by atoms with Gasteiger partial charge in [-0.1, -0.05) is 83.9 Å². The third-order valence-electron chi connectivity index (χ3n) is 8.48. The summed E-state index contributed by atoms with van der Waals surface area (Å²) in [4.78, 5) is 37.0. The van der Waals surface area contributed by atoms with Gasteiger partial charge in [-0.05, 0) is 62.4 Å². The first-order valence-corrected chi connectivity index (χ1v) is 17.8. The molecular weight excluding hydrogens is 695 g/mol. The van der Waals surface area contributed by atoms with Crippen LogP contribution in [-0.2, 0) is 0 Å². The van der Waals surface area contributed by atoms with Crippen LogP contribution in [0.4, 0.5) is 0 Å². The summed E-state index contributed by atoms with van der Waals surface area (Å²) < 4.78 is 3.04. The summed E-state index contributed by atoms with van der Waals surface area (Å²) in [7, 11) is 0. The van der Waals surface area contributed by atoms with Gasteiger partial charge in [0.2, 0.25) is 0 Å². The first-order valence-electron chi connectivity index (χ1n) is 17.1. The maximum atomic E-state index is 13.6. The highest BCUT2D eigenvalue weighted by molar-refractivity contribution is 6.30. The molecule has 266 valence electrons. The maximum Gasteiger partial charge on any atom is 0.280 e. The Morgan fingerprint density at radius 3 is 1.29 bits per heavy atom. The van der Waals surface area contributed by atoms with E-state index >= 15 is 0 Å². The van der Waals surface area contributed by atoms with Gasteiger partial charge in [0.25, 0.3) is 11.1 Å². The summed E-state index contributed by atoms with van der Waals surface area (Å²) >= 11 is 12.1. The van der Waals surface area contributed by atoms with Crippen LogP contribution in [0.1, 0.15) is 33.6 Å². The lowest BCUT2D eigenvalue weighted by atomic mass is 10.0. The molecule has 4 N–H and O–H groups in total. The van der Waals surface area contributed by atoms with Gasteiger partial charge in [0.05, 0.1) is 47.0 Å². The minimum Gasteiger partial charge on any atom is -0.314 e. The molecule has 0 unspecified atom stereocenters. The van der Waals surface area contributed by atoms with E-state index < -0.39 is 0 Å². The summed E-state index contributed by atoms with van der Waals surface area (Å²) in [5, 5.41) is 14.5. The van der Waals surface area contributed by atoms with Crippen molar-refractivity contribution in [2.24, 2.45) is 9.98 Å². The fraction of sp³-hybridized carbons (Fsp3) is 0.200. The molecule has 6 rings (SSSR count). The zero-order chi connectivity index (χ0) is 36.5. The minimum absolute atomic E-state index is 0.170. The average molecular weight is 736 g/mol. The normalized spacial score (nSPS) is 12.1. The predicted octanol–water partition coefficient (Wildman–Crippen LogP) is 6.12. The van der Waals surface area contributed by atoms with Crippen LogP contribution in [0.15, 0.2) is 129 Å². The zero-order valence-corrected chi connectivity index (χ0v) is 30.5. The Morgan fingerprint density at radius 1 is 0.558 bits per heavy atom. The van der Waals surface area contributed by atoms with Crippen molar-refractivity contribution in [1.29, 1.82) is 0 Å². The first-order chi connectivity index (χ1) is 25.3. The number of aromatic amines is 2. The number of nitrogens with one attached hydrogen (secondary N) is 4. The summed E-state index contributed by atoms with van der Waals surface area (Å²) in [6, 6.07) is 33.8. The molecule has 0 atom stereocenters. The van der Waals surface area contributed by atoms with Gasteiger partial charge >= 0.3 is 0 Å². The minimum atomic E-state index is -0.170. The van der Waals surface area contributed by atoms with Gasteiger partial charge in [0.15, 0.2) is 0 Å². The number of rotatable bonds is 15. The molecule has 2 aromatic heterocycles. The topological polar surface area (TPSA) is 124 Å². The van der Waals surface area contributed by atoms with E-state index in [9.17, 15) is 9.59 Å². The molecule has 0 aliphatic carbocycles. The van der Waals surface area contributed by atoms with E-state index in [-0.39, 0.29) is 11.1 Å². The van der Waals surface area contributed by atoms with Crippen molar-refractivity contribution in [1.82, 2.24) is 30.2 Å². The van der Waals surface area contributed by atoms with Crippen LogP contribution in [0.5, 0.6) is 0 Å². The smallest absolute Gasteiger partial charge is 0.280 e. The van der Waals surface area contributed by atoms with Crippen LogP contribution in [0.3, 0.4) is 0 Å². The molecule has 6 aromatic rings. The molecule has 12 heteroatoms. The van der Waals surface area contributed by atoms with Gasteiger partial charge in [-0.15, -0.1) is 0 Å². The molecule has 0 saturated carbocycles. The summed E-state index contributed by atoms with van der Waals surface area (Å²) in [5.41, 5.74) is 6.65. The number of halogens is 2. The molecule has 0 radical (unpaired) electrons. The van der Waals surface area contributed by atoms with Gasteiger partial charge in [-0.2, -0.15) is 0 Å². The van der Waals surface area contributed by atoms with Crippen LogP contribution >= 0.6 is 23.2 Å². The molecular formula is C40H40Cl2N8O2. The number of hydrogen-bond donors (Lipinski definition) is 4. The number of H-pyrrole nitrogens is 2. The molecule has 2 heterocycles. The maximum absolute atomic E-state index is 13.6. The Bertz CT molecular complexity index is 2110. The molecule has 0 aliphatic heterocycles. The molecule has 0 fully saturated rings. The van der Waals surface area contributed by atoms with Gasteiger partial charge < -0.3 is 10.6 Å². The van der Waals surface area contributed by atoms with E-state index in [1.165, 1.54) is 9.36 Å². The van der Waals surface area contributed by atoms with E-state index in [0.717, 1.165) is 35.6 Å². The number of aliphatic imine (C=N–C) groups is 2. The van der Waals surface area contributed by atoms with Crippen molar-refractivity contribution in [2.75, 3.05) is 39.3 Å². The van der Waals surface area contributed by atoms with E-state index in [2.05, 4.69) is 20.8 Å². The predicted molar refractivity (Wildman–Crippen MR) is 212 cm³/mol. The van der Waals surface area contributed by atoms with Crippen molar-refractivity contribution in [3.8, 4) is 11.4 Å². The highest BCUT2D eigenvalue weighted by Gasteiger charge is 2.20. The number of aromatic nitrogens is 4. The Kier molecular flexibility index (Phi) is 12.2. The molecule has 0 spiro atoms. The lowest BCUT2D eigenvalue weighted by Gasteiger charge is -2.08. The molecule has 10 nitrogen and oxygen atoms in total. The SMILES string of the molecule is Cc1[nH]n(-c2ccc(Cl)cc2)c(=O)c1C(=NCCNCCNCCN=C(c1ccccc1)c1c(C)[nH]n(-c2ccc(Cl)cc2)c1=O)c1ccccc1. The third kappa shape index (κ3) is 8.60. The van der Waals surface area contributed by atoms with Crippen molar-refractivity contribution in [3.63, 3.8) is 0 Å². The molecule has 4 aromatic carbocycles. The van der Waals surface area contributed by atoms with Gasteiger partial charge in [-0.25, -0.2) is 9.36 Å². The van der Waals surface area contributed by atoms with Crippen LogP contribution in [0.25, 0.3) is 11.4 Å². The Morgan fingerprint density at radius 2 is 0.923 bits per heavy atom.